The monoisotopic (exact) mass is 656 g/mol. The van der Waals surface area contributed by atoms with Gasteiger partial charge in [0.2, 0.25) is 11.8 Å². The van der Waals surface area contributed by atoms with Gasteiger partial charge >= 0.3 is 0 Å². The number of nitrogens with zero attached hydrogens (tertiary/aromatic N) is 4. The smallest absolute Gasteiger partial charge is 0.234 e. The summed E-state index contributed by atoms with van der Waals surface area (Å²) in [6.07, 6.45) is 0. The van der Waals surface area contributed by atoms with Crippen LogP contribution in [0.4, 0.5) is 15.8 Å². The number of carbonyl (C=O) groups excluding carboxylic acids is 2. The largest absolute Gasteiger partial charge is 0.486 e. The Hall–Kier alpha value is -4.72. The minimum Gasteiger partial charge on any atom is -0.486 e. The minimum absolute atomic E-state index is 0.121. The van der Waals surface area contributed by atoms with Gasteiger partial charge in [0.25, 0.3) is 0 Å². The van der Waals surface area contributed by atoms with Gasteiger partial charge in [0.15, 0.2) is 15.3 Å². The molecule has 6 aromatic rings. The first-order valence-corrected chi connectivity index (χ1v) is 16.5. The van der Waals surface area contributed by atoms with Gasteiger partial charge in [0, 0.05) is 17.1 Å². The van der Waals surface area contributed by atoms with Crippen molar-refractivity contribution in [2.45, 2.75) is 16.1 Å². The molecule has 0 atom stereocenters. The van der Waals surface area contributed by atoms with Gasteiger partial charge in [-0.25, -0.2) is 9.37 Å². The quantitative estimate of drug-likeness (QED) is 0.135. The number of aromatic nitrogens is 4. The number of carbonyl (C=O) groups is 2. The molecule has 0 spiro atoms. The number of thiazole rings is 1. The molecule has 4 aromatic carbocycles. The number of hydrogen-bond donors (Lipinski definition) is 2. The third-order valence-corrected chi connectivity index (χ3v) is 9.36. The second-order valence-corrected chi connectivity index (χ2v) is 12.7. The van der Waals surface area contributed by atoms with Gasteiger partial charge in [-0.1, -0.05) is 59.9 Å². The third kappa shape index (κ3) is 8.06. The van der Waals surface area contributed by atoms with Crippen molar-refractivity contribution in [1.29, 1.82) is 0 Å². The summed E-state index contributed by atoms with van der Waals surface area (Å²) < 4.78 is 22.5. The lowest BCUT2D eigenvalue weighted by molar-refractivity contribution is -0.114. The molecule has 2 aromatic heterocycles. The molecule has 2 heterocycles. The highest BCUT2D eigenvalue weighted by atomic mass is 32.2. The van der Waals surface area contributed by atoms with Gasteiger partial charge in [-0.2, -0.15) is 0 Å². The first-order valence-electron chi connectivity index (χ1n) is 13.7. The number of anilines is 2. The Morgan fingerprint density at radius 3 is 2.22 bits per heavy atom. The van der Waals surface area contributed by atoms with Crippen LogP contribution in [0.1, 0.15) is 5.82 Å². The number of amides is 2. The summed E-state index contributed by atoms with van der Waals surface area (Å²) in [5.41, 5.74) is 2.82. The summed E-state index contributed by atoms with van der Waals surface area (Å²) in [5, 5.41) is 15.0. The molecule has 0 bridgehead atoms. The van der Waals surface area contributed by atoms with Crippen molar-refractivity contribution in [3.8, 4) is 11.4 Å². The van der Waals surface area contributed by atoms with Gasteiger partial charge in [0.05, 0.1) is 21.7 Å². The SMILES string of the molecule is O=C(CSc1nc2ccc(NC(=O)CSc3nnc(COc4ccccc4)n3-c3ccccc3)cc2s1)Nc1ccc(F)cc1. The van der Waals surface area contributed by atoms with Crippen LogP contribution in [0, 0.1) is 5.82 Å². The molecule has 6 rings (SSSR count). The fraction of sp³-hybridized carbons (Fsp3) is 0.0938. The summed E-state index contributed by atoms with van der Waals surface area (Å²) in [7, 11) is 0. The lowest BCUT2D eigenvalue weighted by Gasteiger charge is -2.11. The van der Waals surface area contributed by atoms with E-state index in [9.17, 15) is 14.0 Å². The summed E-state index contributed by atoms with van der Waals surface area (Å²) in [4.78, 5) is 29.8. The van der Waals surface area contributed by atoms with E-state index >= 15 is 0 Å². The predicted octanol–water partition coefficient (Wildman–Crippen LogP) is 7.06. The molecule has 0 saturated carbocycles. The van der Waals surface area contributed by atoms with Crippen molar-refractivity contribution in [3.05, 3.63) is 115 Å². The fourth-order valence-electron chi connectivity index (χ4n) is 4.22. The Balaban J connectivity index is 1.06. The topological polar surface area (TPSA) is 111 Å². The number of fused-ring (bicyclic) bond motifs is 1. The molecule has 45 heavy (non-hydrogen) atoms. The summed E-state index contributed by atoms with van der Waals surface area (Å²) in [5.74, 6) is 0.852. The Morgan fingerprint density at radius 2 is 1.47 bits per heavy atom. The standard InChI is InChI=1S/C32H25FN6O3S3/c33-21-11-13-22(14-12-21)34-30(41)20-44-32-36-26-16-15-23(17-27(26)45-32)35-29(40)19-43-31-38-37-28(18-42-25-9-5-2-6-10-25)39(31)24-7-3-1-4-8-24/h1-17H,18-20H2,(H,34,41)(H,35,40). The lowest BCUT2D eigenvalue weighted by Crippen LogP contribution is -2.14. The van der Waals surface area contributed by atoms with E-state index in [0.717, 1.165) is 26.0 Å². The van der Waals surface area contributed by atoms with Crippen LogP contribution in [0.2, 0.25) is 0 Å². The molecule has 0 saturated heterocycles. The Labute approximate surface area is 270 Å². The number of halogens is 1. The maximum absolute atomic E-state index is 13.1. The number of para-hydroxylation sites is 2. The average molecular weight is 657 g/mol. The summed E-state index contributed by atoms with van der Waals surface area (Å²) in [6.45, 7) is 0.215. The molecule has 0 fully saturated rings. The zero-order chi connectivity index (χ0) is 31.0. The minimum atomic E-state index is -0.363. The second kappa shape index (κ2) is 14.4. The molecule has 0 aliphatic carbocycles. The van der Waals surface area contributed by atoms with E-state index in [1.807, 2.05) is 77.4 Å². The first-order chi connectivity index (χ1) is 22.0. The van der Waals surface area contributed by atoms with Crippen LogP contribution in [0.15, 0.2) is 113 Å². The fourth-order valence-corrected chi connectivity index (χ4v) is 6.89. The number of thioether (sulfide) groups is 2. The number of nitrogens with one attached hydrogen (secondary N) is 2. The maximum atomic E-state index is 13.1. The van der Waals surface area contributed by atoms with Crippen molar-refractivity contribution in [2.24, 2.45) is 0 Å². The van der Waals surface area contributed by atoms with E-state index in [2.05, 4.69) is 25.8 Å². The van der Waals surface area contributed by atoms with E-state index < -0.39 is 0 Å². The third-order valence-electron chi connectivity index (χ3n) is 6.27. The molecule has 0 aliphatic rings. The van der Waals surface area contributed by atoms with Crippen LogP contribution in [0.5, 0.6) is 5.75 Å². The van der Waals surface area contributed by atoms with Crippen molar-refractivity contribution in [2.75, 3.05) is 22.1 Å². The predicted molar refractivity (Wildman–Crippen MR) is 177 cm³/mol. The van der Waals surface area contributed by atoms with Crippen LogP contribution < -0.4 is 15.4 Å². The molecule has 0 radical (unpaired) electrons. The number of hydrogen-bond acceptors (Lipinski definition) is 9. The highest BCUT2D eigenvalue weighted by molar-refractivity contribution is 8.01. The zero-order valence-corrected chi connectivity index (χ0v) is 26.0. The van der Waals surface area contributed by atoms with Crippen LogP contribution in [0.3, 0.4) is 0 Å². The van der Waals surface area contributed by atoms with Crippen LogP contribution in [-0.4, -0.2) is 43.1 Å². The molecule has 9 nitrogen and oxygen atoms in total. The van der Waals surface area contributed by atoms with E-state index in [0.29, 0.717) is 22.4 Å². The van der Waals surface area contributed by atoms with E-state index in [1.165, 1.54) is 59.1 Å². The second-order valence-electron chi connectivity index (χ2n) is 9.51. The van der Waals surface area contributed by atoms with Crippen molar-refractivity contribution in [1.82, 2.24) is 19.7 Å². The van der Waals surface area contributed by atoms with Gasteiger partial charge in [0.1, 0.15) is 18.2 Å². The van der Waals surface area contributed by atoms with Crippen molar-refractivity contribution in [3.63, 3.8) is 0 Å². The number of ether oxygens (including phenoxy) is 1. The first kappa shape index (κ1) is 30.3. The van der Waals surface area contributed by atoms with Gasteiger partial charge in [-0.15, -0.1) is 21.5 Å². The number of rotatable bonds is 12. The molecule has 0 unspecified atom stereocenters. The van der Waals surface area contributed by atoms with Gasteiger partial charge < -0.3 is 15.4 Å². The van der Waals surface area contributed by atoms with Crippen LogP contribution in [-0.2, 0) is 16.2 Å². The van der Waals surface area contributed by atoms with Gasteiger partial charge in [-0.05, 0) is 66.7 Å². The molecular formula is C32H25FN6O3S3. The molecule has 2 amide bonds. The lowest BCUT2D eigenvalue weighted by atomic mass is 10.3. The highest BCUT2D eigenvalue weighted by Gasteiger charge is 2.17. The molecular weight excluding hydrogens is 632 g/mol. The zero-order valence-electron chi connectivity index (χ0n) is 23.6. The summed E-state index contributed by atoms with van der Waals surface area (Å²) >= 11 is 4.03. The Morgan fingerprint density at radius 1 is 0.800 bits per heavy atom. The molecule has 226 valence electrons. The maximum Gasteiger partial charge on any atom is 0.234 e. The summed E-state index contributed by atoms with van der Waals surface area (Å²) in [6, 6.07) is 30.3. The van der Waals surface area contributed by atoms with Crippen LogP contribution in [0.25, 0.3) is 15.9 Å². The van der Waals surface area contributed by atoms with E-state index in [4.69, 9.17) is 4.74 Å². The Kier molecular flexibility index (Phi) is 9.68. The van der Waals surface area contributed by atoms with E-state index in [-0.39, 0.29) is 35.7 Å². The molecule has 0 aliphatic heterocycles. The average Bonchev–Trinajstić information content (AvgIpc) is 3.67. The van der Waals surface area contributed by atoms with Crippen molar-refractivity contribution < 1.29 is 18.7 Å². The normalized spacial score (nSPS) is 11.0. The van der Waals surface area contributed by atoms with E-state index in [1.54, 1.807) is 6.07 Å². The molecule has 13 heteroatoms. The molecule has 2 N–H and O–H groups in total. The Bertz CT molecular complexity index is 1920. The number of benzene rings is 4. The van der Waals surface area contributed by atoms with Crippen molar-refractivity contribution >= 4 is 68.3 Å². The van der Waals surface area contributed by atoms with Gasteiger partial charge in [-0.3, -0.25) is 14.2 Å². The van der Waals surface area contributed by atoms with Crippen LogP contribution >= 0.6 is 34.9 Å². The highest BCUT2D eigenvalue weighted by Crippen LogP contribution is 2.32.